The molecule has 13 heavy (non-hydrogen) atoms. The zero-order valence-electron chi connectivity index (χ0n) is 7.07. The quantitative estimate of drug-likeness (QED) is 0.419. The number of benzene rings is 1. The number of hydrogen-bond donors (Lipinski definition) is 3. The van der Waals surface area contributed by atoms with Gasteiger partial charge in [-0.2, -0.15) is 0 Å². The molecule has 1 aromatic rings. The van der Waals surface area contributed by atoms with Crippen LogP contribution in [0.4, 0.5) is 5.69 Å². The van der Waals surface area contributed by atoms with Crippen LogP contribution in [0.3, 0.4) is 0 Å². The van der Waals surface area contributed by atoms with Crippen LogP contribution in [0, 0.1) is 5.41 Å². The number of halogens is 2. The lowest BCUT2D eigenvalue weighted by molar-refractivity contribution is -0.540. The lowest BCUT2D eigenvalue weighted by Gasteiger charge is -2.07. The summed E-state index contributed by atoms with van der Waals surface area (Å²) in [4.78, 5) is 0. The molecule has 0 aromatic heterocycles. The fourth-order valence-electron chi connectivity index (χ4n) is 1.12. The van der Waals surface area contributed by atoms with Gasteiger partial charge in [0.15, 0.2) is 5.69 Å². The zero-order valence-corrected chi connectivity index (χ0v) is 9.41. The summed E-state index contributed by atoms with van der Waals surface area (Å²) in [6.07, 6.45) is 0. The third-order valence-electron chi connectivity index (χ3n) is 1.70. The van der Waals surface area contributed by atoms with E-state index in [1.165, 1.54) is 0 Å². The van der Waals surface area contributed by atoms with Crippen LogP contribution in [0.25, 0.3) is 0 Å². The third kappa shape index (κ3) is 2.02. The first-order valence-corrected chi connectivity index (χ1v) is 4.86. The van der Waals surface area contributed by atoms with Crippen molar-refractivity contribution in [2.75, 3.05) is 7.05 Å². The van der Waals surface area contributed by atoms with E-state index in [-0.39, 0.29) is 5.84 Å². The van der Waals surface area contributed by atoms with E-state index < -0.39 is 0 Å². The number of hydrogen-bond acceptors (Lipinski definition) is 1. The molecule has 0 radical (unpaired) electrons. The Balaban J connectivity index is 3.43. The maximum Gasteiger partial charge on any atom is 0.156 e. The van der Waals surface area contributed by atoms with Crippen molar-refractivity contribution in [3.05, 3.63) is 27.2 Å². The minimum absolute atomic E-state index is 0.0144. The highest BCUT2D eigenvalue weighted by Gasteiger charge is 2.15. The molecule has 0 unspecified atom stereocenters. The molecule has 0 aliphatic rings. The van der Waals surface area contributed by atoms with Crippen LogP contribution in [-0.2, 0) is 0 Å². The summed E-state index contributed by atoms with van der Waals surface area (Å²) in [6, 6.07) is 3.56. The Hall–Kier alpha value is -0.580. The van der Waals surface area contributed by atoms with Gasteiger partial charge in [-0.3, -0.25) is 5.41 Å². The molecular weight excluding hydrogens is 253 g/mol. The van der Waals surface area contributed by atoms with E-state index in [0.717, 1.165) is 10.2 Å². The standard InChI is InChI=1S/C8H9BrClN3/c1-13-7-4(9)2-3-5(10)6(7)8(11)12/h2-3,13H,1H3,(H3,11,12)/p+1. The number of quaternary nitrogens is 1. The average Bonchev–Trinajstić information content (AvgIpc) is 2.07. The van der Waals surface area contributed by atoms with Gasteiger partial charge in [-0.1, -0.05) is 11.6 Å². The number of nitrogens with two attached hydrogens (primary N) is 2. The van der Waals surface area contributed by atoms with Gasteiger partial charge in [0.05, 0.1) is 22.1 Å². The topological polar surface area (TPSA) is 66.5 Å². The third-order valence-corrected chi connectivity index (χ3v) is 2.71. The number of nitrogen functional groups attached to an aromatic ring is 1. The van der Waals surface area contributed by atoms with Gasteiger partial charge < -0.3 is 11.1 Å². The molecule has 0 saturated carbocycles. The van der Waals surface area contributed by atoms with E-state index in [2.05, 4.69) is 15.9 Å². The lowest BCUT2D eigenvalue weighted by atomic mass is 10.1. The van der Waals surface area contributed by atoms with Gasteiger partial charge in [0.1, 0.15) is 5.84 Å². The molecule has 5 heteroatoms. The number of nitrogens with one attached hydrogen (secondary N) is 1. The van der Waals surface area contributed by atoms with E-state index in [0.29, 0.717) is 10.6 Å². The van der Waals surface area contributed by atoms with Crippen LogP contribution in [0.1, 0.15) is 5.56 Å². The van der Waals surface area contributed by atoms with Crippen molar-refractivity contribution in [2.45, 2.75) is 0 Å². The molecule has 5 N–H and O–H groups in total. The first-order valence-electron chi connectivity index (χ1n) is 3.69. The molecule has 0 amide bonds. The molecule has 0 bridgehead atoms. The molecule has 0 atom stereocenters. The molecule has 0 aliphatic heterocycles. The summed E-state index contributed by atoms with van der Waals surface area (Å²) >= 11 is 9.28. The summed E-state index contributed by atoms with van der Waals surface area (Å²) in [5.41, 5.74) is 6.86. The largest absolute Gasteiger partial charge is 0.383 e. The van der Waals surface area contributed by atoms with Crippen molar-refractivity contribution in [3.8, 4) is 0 Å². The Labute approximate surface area is 89.9 Å². The normalized spacial score (nSPS) is 10.1. The molecule has 1 aromatic carbocycles. The van der Waals surface area contributed by atoms with Crippen LogP contribution < -0.4 is 11.1 Å². The highest BCUT2D eigenvalue weighted by molar-refractivity contribution is 9.10. The van der Waals surface area contributed by atoms with Crippen molar-refractivity contribution in [1.82, 2.24) is 0 Å². The predicted octanol–water partition coefficient (Wildman–Crippen LogP) is 1.21. The van der Waals surface area contributed by atoms with Crippen molar-refractivity contribution in [1.29, 1.82) is 5.41 Å². The SMILES string of the molecule is C[NH2+]c1c(Br)ccc(Cl)c1C(=N)N. The predicted molar refractivity (Wildman–Crippen MR) is 57.7 cm³/mol. The smallest absolute Gasteiger partial charge is 0.156 e. The van der Waals surface area contributed by atoms with E-state index in [4.69, 9.17) is 22.7 Å². The number of amidine groups is 1. The van der Waals surface area contributed by atoms with E-state index in [1.54, 1.807) is 6.07 Å². The molecule has 0 heterocycles. The minimum Gasteiger partial charge on any atom is -0.383 e. The average molecular weight is 264 g/mol. The highest BCUT2D eigenvalue weighted by atomic mass is 79.9. The summed E-state index contributed by atoms with van der Waals surface area (Å²) in [5, 5.41) is 9.74. The van der Waals surface area contributed by atoms with E-state index in [1.807, 2.05) is 18.4 Å². The fourth-order valence-corrected chi connectivity index (χ4v) is 1.95. The Morgan fingerprint density at radius 2 is 2.23 bits per heavy atom. The van der Waals surface area contributed by atoms with Crippen molar-refractivity contribution in [3.63, 3.8) is 0 Å². The summed E-state index contributed by atoms with van der Waals surface area (Å²) in [7, 11) is 1.88. The second-order valence-electron chi connectivity index (χ2n) is 2.52. The molecule has 0 saturated heterocycles. The van der Waals surface area contributed by atoms with Gasteiger partial charge in [0.2, 0.25) is 0 Å². The van der Waals surface area contributed by atoms with Gasteiger partial charge >= 0.3 is 0 Å². The molecule has 70 valence electrons. The molecular formula is C8H10BrClN3+. The zero-order chi connectivity index (χ0) is 10.0. The molecule has 0 aliphatic carbocycles. The summed E-state index contributed by atoms with van der Waals surface area (Å²) < 4.78 is 0.893. The van der Waals surface area contributed by atoms with Crippen LogP contribution >= 0.6 is 27.5 Å². The van der Waals surface area contributed by atoms with Crippen LogP contribution in [-0.4, -0.2) is 12.9 Å². The van der Waals surface area contributed by atoms with Crippen LogP contribution in [0.5, 0.6) is 0 Å². The Morgan fingerprint density at radius 1 is 1.62 bits per heavy atom. The van der Waals surface area contributed by atoms with Crippen molar-refractivity contribution < 1.29 is 5.32 Å². The molecule has 0 fully saturated rings. The Kier molecular flexibility index (Phi) is 3.30. The fraction of sp³-hybridized carbons (Fsp3) is 0.125. The van der Waals surface area contributed by atoms with Gasteiger partial charge in [0.25, 0.3) is 0 Å². The maximum atomic E-state index is 7.37. The molecule has 0 spiro atoms. The highest BCUT2D eigenvalue weighted by Crippen LogP contribution is 2.28. The maximum absolute atomic E-state index is 7.37. The molecule has 1 rings (SSSR count). The van der Waals surface area contributed by atoms with Gasteiger partial charge in [-0.25, -0.2) is 0 Å². The van der Waals surface area contributed by atoms with Gasteiger partial charge in [-0.05, 0) is 28.1 Å². The Bertz CT molecular complexity index is 351. The second kappa shape index (κ2) is 4.09. The lowest BCUT2D eigenvalue weighted by Crippen LogP contribution is -2.73. The van der Waals surface area contributed by atoms with Crippen molar-refractivity contribution >= 4 is 39.1 Å². The first-order chi connectivity index (χ1) is 6.07. The summed E-state index contributed by atoms with van der Waals surface area (Å²) in [6.45, 7) is 0. The van der Waals surface area contributed by atoms with E-state index >= 15 is 0 Å². The minimum atomic E-state index is -0.0144. The summed E-state index contributed by atoms with van der Waals surface area (Å²) in [5.74, 6) is -0.0144. The van der Waals surface area contributed by atoms with Gasteiger partial charge in [0, 0.05) is 0 Å². The Morgan fingerprint density at radius 3 is 2.62 bits per heavy atom. The monoisotopic (exact) mass is 262 g/mol. The second-order valence-corrected chi connectivity index (χ2v) is 3.78. The van der Waals surface area contributed by atoms with E-state index in [9.17, 15) is 0 Å². The van der Waals surface area contributed by atoms with Crippen molar-refractivity contribution in [2.24, 2.45) is 5.73 Å². The molecule has 3 nitrogen and oxygen atoms in total. The van der Waals surface area contributed by atoms with Gasteiger partial charge in [-0.15, -0.1) is 0 Å². The van der Waals surface area contributed by atoms with Crippen LogP contribution in [0.15, 0.2) is 16.6 Å². The first kappa shape index (κ1) is 10.5. The number of rotatable bonds is 2. The van der Waals surface area contributed by atoms with Crippen LogP contribution in [0.2, 0.25) is 5.02 Å².